The largest absolute Gasteiger partial charge is 0.392 e. The lowest BCUT2D eigenvalue weighted by Gasteiger charge is -2.09. The van der Waals surface area contributed by atoms with Gasteiger partial charge in [0.15, 0.2) is 0 Å². The number of nitrogens with zero attached hydrogens (tertiary/aromatic N) is 3. The molecule has 0 radical (unpaired) electrons. The molecule has 0 aliphatic carbocycles. The minimum atomic E-state index is -0.417. The number of aromatic nitrogens is 3. The van der Waals surface area contributed by atoms with Crippen molar-refractivity contribution in [1.29, 1.82) is 0 Å². The third-order valence-corrected chi connectivity index (χ3v) is 3.93. The highest BCUT2D eigenvalue weighted by Crippen LogP contribution is 2.27. The molecule has 3 heterocycles. The first-order chi connectivity index (χ1) is 11.7. The number of aryl methyl sites for hydroxylation is 1. The van der Waals surface area contributed by atoms with Gasteiger partial charge in [0.25, 0.3) is 0 Å². The number of benzene rings is 1. The Morgan fingerprint density at radius 1 is 1.17 bits per heavy atom. The van der Waals surface area contributed by atoms with Crippen LogP contribution in [0.15, 0.2) is 53.3 Å². The van der Waals surface area contributed by atoms with Crippen molar-refractivity contribution in [1.82, 2.24) is 14.5 Å². The molecule has 0 aliphatic heterocycles. The van der Waals surface area contributed by atoms with Crippen molar-refractivity contribution >= 4 is 5.65 Å². The Labute approximate surface area is 137 Å². The van der Waals surface area contributed by atoms with Crippen LogP contribution in [0.3, 0.4) is 0 Å². The number of imidazole rings is 1. The van der Waals surface area contributed by atoms with Crippen LogP contribution in [0.25, 0.3) is 28.2 Å². The Morgan fingerprint density at radius 2 is 2.04 bits per heavy atom. The van der Waals surface area contributed by atoms with Crippen molar-refractivity contribution in [3.8, 4) is 22.5 Å². The average molecular weight is 323 g/mol. The van der Waals surface area contributed by atoms with E-state index in [2.05, 4.69) is 10.1 Å². The van der Waals surface area contributed by atoms with E-state index in [1.54, 1.807) is 12.1 Å². The standard InChI is InChI=1S/C18H14FN3O2/c1-11-7-16(21-24-11)17-9-22-8-12(5-6-18(22)20-17)13-3-2-4-15(19)14(13)10-23/h2-9,23H,10H2,1H3. The fourth-order valence-corrected chi connectivity index (χ4v) is 2.75. The summed E-state index contributed by atoms with van der Waals surface area (Å²) in [6.45, 7) is 1.47. The minimum Gasteiger partial charge on any atom is -0.392 e. The SMILES string of the molecule is Cc1cc(-c2cn3cc(-c4cccc(F)c4CO)ccc3n2)no1. The van der Waals surface area contributed by atoms with E-state index in [4.69, 9.17) is 4.52 Å². The molecule has 0 amide bonds. The van der Waals surface area contributed by atoms with E-state index >= 15 is 0 Å². The molecular formula is C18H14FN3O2. The number of pyridine rings is 1. The summed E-state index contributed by atoms with van der Waals surface area (Å²) < 4.78 is 20.8. The molecule has 4 aromatic rings. The fourth-order valence-electron chi connectivity index (χ4n) is 2.75. The second-order valence-electron chi connectivity index (χ2n) is 5.56. The Balaban J connectivity index is 1.83. The molecule has 120 valence electrons. The summed E-state index contributed by atoms with van der Waals surface area (Å²) in [4.78, 5) is 4.51. The van der Waals surface area contributed by atoms with Crippen LogP contribution in [-0.4, -0.2) is 19.6 Å². The van der Waals surface area contributed by atoms with Gasteiger partial charge in [0, 0.05) is 24.0 Å². The number of rotatable bonds is 3. The monoisotopic (exact) mass is 323 g/mol. The maximum absolute atomic E-state index is 13.9. The average Bonchev–Trinajstić information content (AvgIpc) is 3.19. The number of aliphatic hydroxyl groups excluding tert-OH is 1. The van der Waals surface area contributed by atoms with E-state index < -0.39 is 5.82 Å². The molecule has 5 nitrogen and oxygen atoms in total. The first kappa shape index (κ1) is 14.6. The number of aliphatic hydroxyl groups is 1. The normalized spacial score (nSPS) is 11.3. The quantitative estimate of drug-likeness (QED) is 0.626. The van der Waals surface area contributed by atoms with Gasteiger partial charge in [0.1, 0.15) is 28.6 Å². The zero-order chi connectivity index (χ0) is 16.7. The molecular weight excluding hydrogens is 309 g/mol. The summed E-state index contributed by atoms with van der Waals surface area (Å²) in [5.41, 5.74) is 3.85. The smallest absolute Gasteiger partial charge is 0.137 e. The molecule has 4 rings (SSSR count). The number of hydrogen-bond donors (Lipinski definition) is 1. The van der Waals surface area contributed by atoms with Gasteiger partial charge in [0.2, 0.25) is 0 Å². The molecule has 0 aliphatic rings. The van der Waals surface area contributed by atoms with Crippen LogP contribution in [-0.2, 0) is 6.61 Å². The summed E-state index contributed by atoms with van der Waals surface area (Å²) >= 11 is 0. The van der Waals surface area contributed by atoms with Gasteiger partial charge in [-0.1, -0.05) is 17.3 Å². The molecule has 3 aromatic heterocycles. The van der Waals surface area contributed by atoms with Crippen molar-refractivity contribution in [2.45, 2.75) is 13.5 Å². The van der Waals surface area contributed by atoms with Crippen LogP contribution in [0.5, 0.6) is 0 Å². The van der Waals surface area contributed by atoms with Gasteiger partial charge in [-0.3, -0.25) is 0 Å². The van der Waals surface area contributed by atoms with Gasteiger partial charge in [0.05, 0.1) is 6.61 Å². The molecule has 0 atom stereocenters. The third-order valence-electron chi connectivity index (χ3n) is 3.93. The van der Waals surface area contributed by atoms with Gasteiger partial charge in [-0.2, -0.15) is 0 Å². The molecule has 6 heteroatoms. The molecule has 0 unspecified atom stereocenters. The van der Waals surface area contributed by atoms with Crippen LogP contribution in [0.2, 0.25) is 0 Å². The summed E-state index contributed by atoms with van der Waals surface area (Å²) in [6, 6.07) is 10.3. The van der Waals surface area contributed by atoms with E-state index in [1.165, 1.54) is 6.07 Å². The lowest BCUT2D eigenvalue weighted by atomic mass is 10.0. The van der Waals surface area contributed by atoms with Crippen molar-refractivity contribution in [2.75, 3.05) is 0 Å². The summed E-state index contributed by atoms with van der Waals surface area (Å²) in [6.07, 6.45) is 3.70. The second kappa shape index (κ2) is 5.58. The lowest BCUT2D eigenvalue weighted by molar-refractivity contribution is 0.276. The molecule has 0 bridgehead atoms. The molecule has 24 heavy (non-hydrogen) atoms. The van der Waals surface area contributed by atoms with Crippen LogP contribution in [0.1, 0.15) is 11.3 Å². The third kappa shape index (κ3) is 2.37. The maximum atomic E-state index is 13.9. The van der Waals surface area contributed by atoms with Gasteiger partial charge in [-0.15, -0.1) is 0 Å². The van der Waals surface area contributed by atoms with E-state index in [0.29, 0.717) is 17.0 Å². The number of fused-ring (bicyclic) bond motifs is 1. The van der Waals surface area contributed by atoms with E-state index in [0.717, 1.165) is 17.0 Å². The van der Waals surface area contributed by atoms with Crippen LogP contribution < -0.4 is 0 Å². The van der Waals surface area contributed by atoms with Crippen molar-refractivity contribution < 1.29 is 14.0 Å². The molecule has 0 saturated heterocycles. The van der Waals surface area contributed by atoms with E-state index in [1.807, 2.05) is 41.9 Å². The molecule has 1 N–H and O–H groups in total. The predicted molar refractivity (Wildman–Crippen MR) is 86.7 cm³/mol. The molecule has 1 aromatic carbocycles. The first-order valence-corrected chi connectivity index (χ1v) is 7.47. The molecule has 0 saturated carbocycles. The van der Waals surface area contributed by atoms with Gasteiger partial charge < -0.3 is 14.0 Å². The van der Waals surface area contributed by atoms with Crippen molar-refractivity contribution in [3.05, 3.63) is 65.9 Å². The number of halogens is 1. The van der Waals surface area contributed by atoms with Crippen molar-refractivity contribution in [2.24, 2.45) is 0 Å². The molecule has 0 fully saturated rings. The Morgan fingerprint density at radius 3 is 2.79 bits per heavy atom. The van der Waals surface area contributed by atoms with Crippen LogP contribution >= 0.6 is 0 Å². The fraction of sp³-hybridized carbons (Fsp3) is 0.111. The van der Waals surface area contributed by atoms with Crippen molar-refractivity contribution in [3.63, 3.8) is 0 Å². The Hall–Kier alpha value is -2.99. The maximum Gasteiger partial charge on any atom is 0.137 e. The zero-order valence-corrected chi connectivity index (χ0v) is 12.9. The highest BCUT2D eigenvalue weighted by molar-refractivity contribution is 5.69. The van der Waals surface area contributed by atoms with Crippen LogP contribution in [0, 0.1) is 12.7 Å². The summed E-state index contributed by atoms with van der Waals surface area (Å²) in [5.74, 6) is 0.301. The highest BCUT2D eigenvalue weighted by atomic mass is 19.1. The second-order valence-corrected chi connectivity index (χ2v) is 5.56. The zero-order valence-electron chi connectivity index (χ0n) is 12.9. The minimum absolute atomic E-state index is 0.282. The highest BCUT2D eigenvalue weighted by Gasteiger charge is 2.12. The van der Waals surface area contributed by atoms with E-state index in [-0.39, 0.29) is 12.2 Å². The first-order valence-electron chi connectivity index (χ1n) is 7.47. The number of hydrogen-bond acceptors (Lipinski definition) is 4. The summed E-state index contributed by atoms with van der Waals surface area (Å²) in [5, 5.41) is 13.4. The van der Waals surface area contributed by atoms with E-state index in [9.17, 15) is 9.50 Å². The van der Waals surface area contributed by atoms with Gasteiger partial charge >= 0.3 is 0 Å². The Bertz CT molecular complexity index is 1040. The summed E-state index contributed by atoms with van der Waals surface area (Å²) in [7, 11) is 0. The lowest BCUT2D eigenvalue weighted by Crippen LogP contribution is -1.95. The van der Waals surface area contributed by atoms with Crippen LogP contribution in [0.4, 0.5) is 4.39 Å². The van der Waals surface area contributed by atoms with Gasteiger partial charge in [-0.05, 0) is 36.2 Å². The predicted octanol–water partition coefficient (Wildman–Crippen LogP) is 3.60. The topological polar surface area (TPSA) is 63.6 Å². The van der Waals surface area contributed by atoms with Gasteiger partial charge in [-0.25, -0.2) is 9.37 Å². The molecule has 0 spiro atoms. The Kier molecular flexibility index (Phi) is 3.39.